The van der Waals surface area contributed by atoms with Gasteiger partial charge in [-0.3, -0.25) is 0 Å². The minimum absolute atomic E-state index is 0.0305. The summed E-state index contributed by atoms with van der Waals surface area (Å²) in [6, 6.07) is 5.67. The maximum Gasteiger partial charge on any atom is 0.495 e. The Labute approximate surface area is 138 Å². The molecule has 0 saturated carbocycles. The van der Waals surface area contributed by atoms with Crippen LogP contribution in [-0.4, -0.2) is 28.1 Å². The molecule has 0 atom stereocenters. The highest BCUT2D eigenvalue weighted by molar-refractivity contribution is 6.62. The lowest BCUT2D eigenvalue weighted by molar-refractivity contribution is -0.136. The van der Waals surface area contributed by atoms with Gasteiger partial charge in [0.1, 0.15) is 0 Å². The minimum Gasteiger partial charge on any atom is -0.399 e. The van der Waals surface area contributed by atoms with Crippen molar-refractivity contribution in [2.24, 2.45) is 0 Å². The summed E-state index contributed by atoms with van der Waals surface area (Å²) in [5, 5.41) is 3.97. The zero-order valence-corrected chi connectivity index (χ0v) is 13.9. The molecule has 1 aliphatic rings. The summed E-state index contributed by atoms with van der Waals surface area (Å²) in [5.74, 6) is 0. The van der Waals surface area contributed by atoms with Crippen LogP contribution in [0.25, 0.3) is 5.69 Å². The van der Waals surface area contributed by atoms with E-state index in [2.05, 4.69) is 5.10 Å². The van der Waals surface area contributed by atoms with Crippen LogP contribution in [-0.2, 0) is 15.5 Å². The van der Waals surface area contributed by atoms with Crippen molar-refractivity contribution in [1.29, 1.82) is 0 Å². The fourth-order valence-corrected chi connectivity index (χ4v) is 2.53. The van der Waals surface area contributed by atoms with Gasteiger partial charge in [0, 0.05) is 12.4 Å². The van der Waals surface area contributed by atoms with E-state index in [9.17, 15) is 13.2 Å². The molecule has 128 valence electrons. The van der Waals surface area contributed by atoms with E-state index in [-0.39, 0.29) is 5.46 Å². The van der Waals surface area contributed by atoms with Crippen molar-refractivity contribution in [2.75, 3.05) is 0 Å². The largest absolute Gasteiger partial charge is 0.495 e. The zero-order valence-electron chi connectivity index (χ0n) is 13.9. The lowest BCUT2D eigenvalue weighted by Gasteiger charge is -2.32. The van der Waals surface area contributed by atoms with Gasteiger partial charge in [0.25, 0.3) is 0 Å². The van der Waals surface area contributed by atoms with Crippen molar-refractivity contribution in [2.45, 2.75) is 45.1 Å². The number of nitrogens with zero attached hydrogens (tertiary/aromatic N) is 2. The van der Waals surface area contributed by atoms with E-state index < -0.39 is 30.1 Å². The molecule has 0 aliphatic carbocycles. The van der Waals surface area contributed by atoms with Gasteiger partial charge >= 0.3 is 13.3 Å². The van der Waals surface area contributed by atoms with Crippen molar-refractivity contribution < 1.29 is 22.5 Å². The van der Waals surface area contributed by atoms with Gasteiger partial charge in [-0.1, -0.05) is 6.07 Å². The number of aromatic nitrogens is 2. The summed E-state index contributed by atoms with van der Waals surface area (Å²) < 4.78 is 53.6. The second kappa shape index (κ2) is 5.36. The van der Waals surface area contributed by atoms with Crippen molar-refractivity contribution in [3.8, 4) is 5.69 Å². The van der Waals surface area contributed by atoms with Crippen LogP contribution in [0, 0.1) is 0 Å². The molecule has 1 saturated heterocycles. The fourth-order valence-electron chi connectivity index (χ4n) is 2.53. The fraction of sp³-hybridized carbons (Fsp3) is 0.438. The van der Waals surface area contributed by atoms with Gasteiger partial charge in [0.2, 0.25) is 0 Å². The Morgan fingerprint density at radius 2 is 1.71 bits per heavy atom. The zero-order chi connectivity index (χ0) is 17.8. The third-order valence-electron chi connectivity index (χ3n) is 4.62. The SMILES string of the molecule is CC1(C)OB(c2ccc(-n3cccn3)cc2C(F)(F)F)OC1(C)C. The third-order valence-corrected chi connectivity index (χ3v) is 4.62. The van der Waals surface area contributed by atoms with Gasteiger partial charge in [-0.15, -0.1) is 0 Å². The Bertz CT molecular complexity index is 726. The number of benzene rings is 1. The molecule has 2 aromatic rings. The summed E-state index contributed by atoms with van der Waals surface area (Å²) in [6.07, 6.45) is -1.43. The normalized spacial score (nSPS) is 19.7. The van der Waals surface area contributed by atoms with E-state index in [1.165, 1.54) is 16.9 Å². The van der Waals surface area contributed by atoms with Gasteiger partial charge in [-0.2, -0.15) is 18.3 Å². The molecule has 0 radical (unpaired) electrons. The number of rotatable bonds is 2. The van der Waals surface area contributed by atoms with E-state index in [4.69, 9.17) is 9.31 Å². The molecule has 1 aromatic heterocycles. The second-order valence-corrected chi connectivity index (χ2v) is 6.81. The van der Waals surface area contributed by atoms with Crippen LogP contribution in [0.1, 0.15) is 33.3 Å². The van der Waals surface area contributed by atoms with Crippen molar-refractivity contribution in [1.82, 2.24) is 9.78 Å². The first-order valence-corrected chi connectivity index (χ1v) is 7.58. The molecule has 1 fully saturated rings. The highest BCUT2D eigenvalue weighted by Gasteiger charge is 2.53. The van der Waals surface area contributed by atoms with E-state index in [1.54, 1.807) is 46.0 Å². The number of hydrogen-bond acceptors (Lipinski definition) is 3. The van der Waals surface area contributed by atoms with Gasteiger partial charge in [-0.25, -0.2) is 4.68 Å². The predicted octanol–water partition coefficient (Wildman–Crippen LogP) is 3.19. The molecule has 0 N–H and O–H groups in total. The highest BCUT2D eigenvalue weighted by atomic mass is 19.4. The molecule has 1 aliphatic heterocycles. The molecule has 0 unspecified atom stereocenters. The van der Waals surface area contributed by atoms with Crippen LogP contribution in [0.5, 0.6) is 0 Å². The van der Waals surface area contributed by atoms with Gasteiger partial charge in [-0.05, 0) is 51.4 Å². The highest BCUT2D eigenvalue weighted by Crippen LogP contribution is 2.38. The Balaban J connectivity index is 2.06. The first kappa shape index (κ1) is 17.0. The predicted molar refractivity (Wildman–Crippen MR) is 84.3 cm³/mol. The van der Waals surface area contributed by atoms with Crippen LogP contribution in [0.2, 0.25) is 0 Å². The average Bonchev–Trinajstić information content (AvgIpc) is 3.04. The monoisotopic (exact) mass is 338 g/mol. The lowest BCUT2D eigenvalue weighted by atomic mass is 9.75. The number of alkyl halides is 3. The Hall–Kier alpha value is -1.80. The summed E-state index contributed by atoms with van der Waals surface area (Å²) in [5.41, 5.74) is -1.90. The molecule has 0 amide bonds. The molecule has 1 aromatic carbocycles. The van der Waals surface area contributed by atoms with Crippen molar-refractivity contribution >= 4 is 12.6 Å². The Kier molecular flexibility index (Phi) is 3.80. The van der Waals surface area contributed by atoms with Crippen LogP contribution >= 0.6 is 0 Å². The summed E-state index contributed by atoms with van der Waals surface area (Å²) in [4.78, 5) is 0. The standard InChI is InChI=1S/C16H18BF3N2O2/c1-14(2)15(3,4)24-17(23-14)13-7-6-11(22-9-5-8-21-22)10-12(13)16(18,19)20/h5-10H,1-4H3. The molecule has 3 rings (SSSR count). The van der Waals surface area contributed by atoms with E-state index in [0.717, 1.165) is 6.07 Å². The maximum absolute atomic E-state index is 13.6. The Morgan fingerprint density at radius 1 is 1.08 bits per heavy atom. The molecule has 2 heterocycles. The van der Waals surface area contributed by atoms with Crippen molar-refractivity contribution in [3.05, 3.63) is 42.2 Å². The van der Waals surface area contributed by atoms with E-state index >= 15 is 0 Å². The second-order valence-electron chi connectivity index (χ2n) is 6.81. The molecule has 0 bridgehead atoms. The summed E-state index contributed by atoms with van der Waals surface area (Å²) in [7, 11) is -1.07. The van der Waals surface area contributed by atoms with Gasteiger partial charge < -0.3 is 9.31 Å². The van der Waals surface area contributed by atoms with Crippen LogP contribution in [0.3, 0.4) is 0 Å². The molecule has 8 heteroatoms. The third kappa shape index (κ3) is 2.84. The molecule has 4 nitrogen and oxygen atoms in total. The van der Waals surface area contributed by atoms with Crippen molar-refractivity contribution in [3.63, 3.8) is 0 Å². The maximum atomic E-state index is 13.6. The first-order valence-electron chi connectivity index (χ1n) is 7.58. The van der Waals surface area contributed by atoms with Crippen LogP contribution < -0.4 is 5.46 Å². The minimum atomic E-state index is -4.53. The average molecular weight is 338 g/mol. The molecular weight excluding hydrogens is 320 g/mol. The first-order chi connectivity index (χ1) is 11.0. The summed E-state index contributed by atoms with van der Waals surface area (Å²) >= 11 is 0. The topological polar surface area (TPSA) is 36.3 Å². The molecule has 0 spiro atoms. The smallest absolute Gasteiger partial charge is 0.399 e. The van der Waals surface area contributed by atoms with E-state index in [1.807, 2.05) is 0 Å². The lowest BCUT2D eigenvalue weighted by Crippen LogP contribution is -2.41. The quantitative estimate of drug-likeness (QED) is 0.789. The van der Waals surface area contributed by atoms with Gasteiger partial charge in [0.05, 0.1) is 22.5 Å². The summed E-state index contributed by atoms with van der Waals surface area (Å²) in [6.45, 7) is 7.22. The number of hydrogen-bond donors (Lipinski definition) is 0. The van der Waals surface area contributed by atoms with Gasteiger partial charge in [0.15, 0.2) is 0 Å². The van der Waals surface area contributed by atoms with Crippen LogP contribution in [0.4, 0.5) is 13.2 Å². The number of halogens is 3. The molecular formula is C16H18BF3N2O2. The Morgan fingerprint density at radius 3 is 2.21 bits per heavy atom. The van der Waals surface area contributed by atoms with Crippen LogP contribution in [0.15, 0.2) is 36.7 Å². The van der Waals surface area contributed by atoms with E-state index in [0.29, 0.717) is 5.69 Å². The molecule has 24 heavy (non-hydrogen) atoms.